The van der Waals surface area contributed by atoms with Crippen molar-refractivity contribution in [3.63, 3.8) is 0 Å². The molecule has 2 atom stereocenters. The first-order valence-corrected chi connectivity index (χ1v) is 6.72. The molecule has 2 unspecified atom stereocenters. The van der Waals surface area contributed by atoms with E-state index in [1.807, 2.05) is 6.07 Å². The molecule has 20 heavy (non-hydrogen) atoms. The third kappa shape index (κ3) is 5.23. The number of nitrogens with zero attached hydrogens (tertiary/aromatic N) is 1. The Morgan fingerprint density at radius 3 is 2.40 bits per heavy atom. The van der Waals surface area contributed by atoms with Crippen molar-refractivity contribution < 1.29 is 26.7 Å². The van der Waals surface area contributed by atoms with Crippen LogP contribution in [0.5, 0.6) is 0 Å². The highest BCUT2D eigenvalue weighted by Crippen LogP contribution is 2.39. The van der Waals surface area contributed by atoms with E-state index in [1.54, 1.807) is 0 Å². The summed E-state index contributed by atoms with van der Waals surface area (Å²) in [5.41, 5.74) is 0. The summed E-state index contributed by atoms with van der Waals surface area (Å²) < 4.78 is 66.6. The van der Waals surface area contributed by atoms with Crippen molar-refractivity contribution in [2.24, 2.45) is 5.92 Å². The Hall–Kier alpha value is -0.900. The van der Waals surface area contributed by atoms with Gasteiger partial charge in [0.2, 0.25) is 0 Å². The van der Waals surface area contributed by atoms with Crippen LogP contribution in [0.25, 0.3) is 0 Å². The highest BCUT2D eigenvalue weighted by molar-refractivity contribution is 4.85. The van der Waals surface area contributed by atoms with Crippen LogP contribution >= 0.6 is 0 Å². The number of nitriles is 1. The van der Waals surface area contributed by atoms with Crippen LogP contribution in [0.1, 0.15) is 44.9 Å². The predicted octanol–water partition coefficient (Wildman–Crippen LogP) is 4.45. The minimum atomic E-state index is -5.51. The molecule has 0 spiro atoms. The molecule has 0 aromatic rings. The summed E-state index contributed by atoms with van der Waals surface area (Å²) in [7, 11) is 0. The molecular formula is C13H18F5NO. The predicted molar refractivity (Wildman–Crippen MR) is 62.2 cm³/mol. The molecule has 2 nitrogen and oxygen atoms in total. The van der Waals surface area contributed by atoms with Gasteiger partial charge in [-0.25, -0.2) is 0 Å². The molecule has 1 rings (SSSR count). The Morgan fingerprint density at radius 2 is 1.90 bits per heavy atom. The molecular weight excluding hydrogens is 281 g/mol. The summed E-state index contributed by atoms with van der Waals surface area (Å²) in [6.45, 7) is 0.694. The summed E-state index contributed by atoms with van der Waals surface area (Å²) in [4.78, 5) is 0. The molecule has 1 aliphatic rings. The van der Waals surface area contributed by atoms with Crippen molar-refractivity contribution in [3.8, 4) is 6.07 Å². The van der Waals surface area contributed by atoms with Crippen molar-refractivity contribution in [1.82, 2.24) is 0 Å². The van der Waals surface area contributed by atoms with Crippen LogP contribution in [-0.4, -0.2) is 24.8 Å². The molecule has 0 N–H and O–H groups in total. The van der Waals surface area contributed by atoms with Crippen LogP contribution in [-0.2, 0) is 4.74 Å². The Kier molecular flexibility index (Phi) is 6.18. The summed E-state index contributed by atoms with van der Waals surface area (Å²) >= 11 is 0. The van der Waals surface area contributed by atoms with Gasteiger partial charge in [-0.1, -0.05) is 0 Å². The van der Waals surface area contributed by atoms with Crippen molar-refractivity contribution in [1.29, 1.82) is 5.26 Å². The minimum Gasteiger partial charge on any atom is -0.378 e. The molecule has 1 fully saturated rings. The second-order valence-corrected chi connectivity index (χ2v) is 5.13. The van der Waals surface area contributed by atoms with Gasteiger partial charge in [-0.3, -0.25) is 0 Å². The van der Waals surface area contributed by atoms with Gasteiger partial charge in [-0.2, -0.15) is 27.2 Å². The lowest BCUT2D eigenvalue weighted by Crippen LogP contribution is -2.36. The third-order valence-corrected chi connectivity index (χ3v) is 3.50. The Morgan fingerprint density at radius 1 is 1.20 bits per heavy atom. The summed E-state index contributed by atoms with van der Waals surface area (Å²) in [6.07, 6.45) is -3.87. The van der Waals surface area contributed by atoms with E-state index in [9.17, 15) is 22.0 Å². The molecule has 0 aliphatic carbocycles. The van der Waals surface area contributed by atoms with Crippen molar-refractivity contribution >= 4 is 0 Å². The number of rotatable bonds is 7. The number of hydrogen-bond donors (Lipinski definition) is 0. The van der Waals surface area contributed by atoms with Crippen LogP contribution in [0.4, 0.5) is 22.0 Å². The van der Waals surface area contributed by atoms with Crippen LogP contribution in [0.15, 0.2) is 0 Å². The van der Waals surface area contributed by atoms with Crippen molar-refractivity contribution in [2.75, 3.05) is 6.61 Å². The number of alkyl halides is 5. The van der Waals surface area contributed by atoms with Crippen LogP contribution < -0.4 is 0 Å². The zero-order valence-electron chi connectivity index (χ0n) is 11.1. The molecule has 0 bridgehead atoms. The number of hydrogen-bond acceptors (Lipinski definition) is 2. The lowest BCUT2D eigenvalue weighted by Gasteiger charge is -2.20. The van der Waals surface area contributed by atoms with Crippen molar-refractivity contribution in [2.45, 2.75) is 63.1 Å². The molecule has 0 aromatic heterocycles. The first kappa shape index (κ1) is 17.2. The van der Waals surface area contributed by atoms with E-state index in [2.05, 4.69) is 0 Å². The van der Waals surface area contributed by atoms with Crippen LogP contribution in [0, 0.1) is 17.2 Å². The van der Waals surface area contributed by atoms with Gasteiger partial charge < -0.3 is 4.74 Å². The average Bonchev–Trinajstić information content (AvgIpc) is 2.85. The summed E-state index contributed by atoms with van der Waals surface area (Å²) in [6, 6.07) is 1.97. The fraction of sp³-hybridized carbons (Fsp3) is 0.923. The van der Waals surface area contributed by atoms with Gasteiger partial charge in [0.1, 0.15) is 0 Å². The normalized spacial score (nSPS) is 21.7. The molecule has 1 heterocycles. The second-order valence-electron chi connectivity index (χ2n) is 5.13. The lowest BCUT2D eigenvalue weighted by molar-refractivity contribution is -0.284. The fourth-order valence-corrected chi connectivity index (χ4v) is 2.24. The first-order valence-electron chi connectivity index (χ1n) is 6.72. The molecule has 7 heteroatoms. The monoisotopic (exact) mass is 299 g/mol. The fourth-order valence-electron chi connectivity index (χ4n) is 2.24. The maximum atomic E-state index is 12.7. The topological polar surface area (TPSA) is 33.0 Å². The van der Waals surface area contributed by atoms with Crippen LogP contribution in [0.2, 0.25) is 0 Å². The van der Waals surface area contributed by atoms with Gasteiger partial charge in [-0.15, -0.1) is 0 Å². The molecule has 1 aliphatic heterocycles. The van der Waals surface area contributed by atoms with Gasteiger partial charge in [0, 0.05) is 18.9 Å². The van der Waals surface area contributed by atoms with E-state index in [0.717, 1.165) is 12.8 Å². The van der Waals surface area contributed by atoms with E-state index < -0.39 is 24.4 Å². The van der Waals surface area contributed by atoms with Gasteiger partial charge in [0.15, 0.2) is 0 Å². The minimum absolute atomic E-state index is 0.0644. The number of ether oxygens (including phenoxy) is 1. The zero-order valence-corrected chi connectivity index (χ0v) is 11.1. The molecule has 0 radical (unpaired) electrons. The zero-order chi connectivity index (χ0) is 15.2. The highest BCUT2D eigenvalue weighted by atomic mass is 19.4. The molecule has 0 aromatic carbocycles. The van der Waals surface area contributed by atoms with E-state index in [1.165, 1.54) is 0 Å². The third-order valence-electron chi connectivity index (χ3n) is 3.50. The number of halogens is 5. The van der Waals surface area contributed by atoms with E-state index >= 15 is 0 Å². The Balaban J connectivity index is 2.26. The Bertz CT molecular complexity index is 331. The van der Waals surface area contributed by atoms with Gasteiger partial charge in [0.05, 0.1) is 12.2 Å². The second kappa shape index (κ2) is 7.21. The SMILES string of the molecule is N#CC(CCCC(F)(F)C(F)(F)F)CCC1CCCO1. The largest absolute Gasteiger partial charge is 0.453 e. The highest BCUT2D eigenvalue weighted by Gasteiger charge is 2.56. The van der Waals surface area contributed by atoms with Crippen LogP contribution in [0.3, 0.4) is 0 Å². The van der Waals surface area contributed by atoms with Gasteiger partial charge in [0.25, 0.3) is 0 Å². The molecule has 1 saturated heterocycles. The van der Waals surface area contributed by atoms with E-state index in [4.69, 9.17) is 10.00 Å². The van der Waals surface area contributed by atoms with E-state index in [-0.39, 0.29) is 18.9 Å². The van der Waals surface area contributed by atoms with Gasteiger partial charge in [-0.05, 0) is 38.5 Å². The maximum absolute atomic E-state index is 12.7. The molecule has 116 valence electrons. The maximum Gasteiger partial charge on any atom is 0.453 e. The quantitative estimate of drug-likeness (QED) is 0.650. The lowest BCUT2D eigenvalue weighted by atomic mass is 9.95. The molecule has 0 amide bonds. The average molecular weight is 299 g/mol. The standard InChI is InChI=1S/C13H18F5NO/c14-12(15,13(16,17)18)7-1-3-10(9-19)5-6-11-4-2-8-20-11/h10-11H,1-8H2. The van der Waals surface area contributed by atoms with E-state index in [0.29, 0.717) is 19.4 Å². The first-order chi connectivity index (χ1) is 9.26. The summed E-state index contributed by atoms with van der Waals surface area (Å²) in [5.74, 6) is -5.15. The smallest absolute Gasteiger partial charge is 0.378 e. The van der Waals surface area contributed by atoms with Gasteiger partial charge >= 0.3 is 12.1 Å². The molecule has 0 saturated carbocycles. The van der Waals surface area contributed by atoms with Crippen molar-refractivity contribution in [3.05, 3.63) is 0 Å². The summed E-state index contributed by atoms with van der Waals surface area (Å²) in [5, 5.41) is 8.89. The Labute approximate surface area is 114 Å².